The van der Waals surface area contributed by atoms with Gasteiger partial charge in [-0.3, -0.25) is 0 Å². The van der Waals surface area contributed by atoms with Crippen LogP contribution in [0.4, 0.5) is 0 Å². The Labute approximate surface area is 212 Å². The lowest BCUT2D eigenvalue weighted by Gasteiger charge is -2.17. The summed E-state index contributed by atoms with van der Waals surface area (Å²) in [6, 6.07) is 31.7. The number of rotatable bonds is 5. The van der Waals surface area contributed by atoms with Crippen LogP contribution in [0.3, 0.4) is 0 Å². The fourth-order valence-electron chi connectivity index (χ4n) is 3.73. The number of benzene rings is 3. The van der Waals surface area contributed by atoms with Crippen molar-refractivity contribution in [2.24, 2.45) is 5.14 Å². The molecule has 10 heteroatoms. The van der Waals surface area contributed by atoms with E-state index in [0.717, 1.165) is 33.8 Å². The third kappa shape index (κ3) is 7.42. The Hall–Kier alpha value is -3.15. The van der Waals surface area contributed by atoms with Crippen molar-refractivity contribution in [3.63, 3.8) is 0 Å². The molecule has 0 aliphatic rings. The first-order chi connectivity index (χ1) is 16.8. The van der Waals surface area contributed by atoms with Crippen LogP contribution in [0, 0.1) is 10.2 Å². The number of hydrogen-bond acceptors (Lipinski definition) is 6. The largest absolute Gasteiger partial charge is 0.238 e. The fraction of sp³-hybridized carbons (Fsp3) is 0.115. The highest BCUT2D eigenvalue weighted by Gasteiger charge is 2.25. The summed E-state index contributed by atoms with van der Waals surface area (Å²) in [5.74, 6) is 0.240. The molecule has 4 rings (SSSR count). The molecule has 0 bridgehead atoms. The summed E-state index contributed by atoms with van der Waals surface area (Å²) in [5, 5.41) is 5.29. The number of sulfonamides is 1. The van der Waals surface area contributed by atoms with E-state index in [-0.39, 0.29) is 10.8 Å². The summed E-state index contributed by atoms with van der Waals surface area (Å²) in [5.41, 5.74) is 6.42. The Kier molecular flexibility index (Phi) is 8.59. The highest BCUT2D eigenvalue weighted by atomic mass is 35.7. The number of nitrogens with two attached hydrogens (primary N) is 1. The molecule has 1 heterocycles. The zero-order chi connectivity index (χ0) is 26.5. The van der Waals surface area contributed by atoms with Crippen molar-refractivity contribution < 1.29 is 41.9 Å². The first kappa shape index (κ1) is 27.4. The van der Waals surface area contributed by atoms with Gasteiger partial charge in [0.2, 0.25) is 21.4 Å². The third-order valence-electron chi connectivity index (χ3n) is 5.29. The van der Waals surface area contributed by atoms with Gasteiger partial charge in [0.25, 0.3) is 0 Å². The number of aromatic nitrogens is 1. The second-order valence-corrected chi connectivity index (χ2v) is 10.5. The van der Waals surface area contributed by atoms with E-state index in [1.165, 1.54) is 0 Å². The molecule has 4 aromatic rings. The van der Waals surface area contributed by atoms with E-state index < -0.39 is 20.3 Å². The van der Waals surface area contributed by atoms with Crippen molar-refractivity contribution in [1.29, 1.82) is 0 Å². The van der Waals surface area contributed by atoms with Gasteiger partial charge in [-0.05, 0) is 35.4 Å². The molecule has 0 radical (unpaired) electrons. The average Bonchev–Trinajstić information content (AvgIpc) is 2.83. The molecule has 0 unspecified atom stereocenters. The first-order valence-corrected chi connectivity index (χ1v) is 13.6. The van der Waals surface area contributed by atoms with E-state index in [1.54, 1.807) is 24.3 Å². The number of nitrogens with zero attached hydrogens (tertiary/aromatic N) is 1. The Morgan fingerprint density at radius 3 is 1.64 bits per heavy atom. The lowest BCUT2D eigenvalue weighted by Crippen LogP contribution is -2.68. The zero-order valence-electron chi connectivity index (χ0n) is 19.6. The highest BCUT2D eigenvalue weighted by Crippen LogP contribution is 2.29. The summed E-state index contributed by atoms with van der Waals surface area (Å²) in [7, 11) is -8.69. The Morgan fingerprint density at radius 1 is 0.722 bits per heavy atom. The van der Waals surface area contributed by atoms with Crippen LogP contribution in [-0.4, -0.2) is 8.42 Å². The van der Waals surface area contributed by atoms with Crippen LogP contribution >= 0.6 is 0 Å². The van der Waals surface area contributed by atoms with Gasteiger partial charge in [0.05, 0.1) is 4.90 Å². The van der Waals surface area contributed by atoms with Crippen molar-refractivity contribution in [3.8, 4) is 28.1 Å². The molecule has 0 fully saturated rings. The van der Waals surface area contributed by atoms with Gasteiger partial charge in [-0.2, -0.15) is 4.57 Å². The van der Waals surface area contributed by atoms with Crippen LogP contribution in [0.25, 0.3) is 28.1 Å². The maximum atomic E-state index is 11.7. The van der Waals surface area contributed by atoms with Crippen molar-refractivity contribution in [2.75, 3.05) is 0 Å². The van der Waals surface area contributed by atoms with E-state index in [2.05, 4.69) is 54.8 Å². The van der Waals surface area contributed by atoms with Crippen LogP contribution in [-0.2, 0) is 10.0 Å². The Bertz CT molecular complexity index is 1400. The molecular formula is C26H25ClN2O6S. The number of hydrogen-bond donors (Lipinski definition) is 1. The SMILES string of the molecule is CC(C)c1cc(-c2ccccc2)cc(-c2ccccc2)[n+]1-c1ccc(S(N)(=O)=O)cc1.[O-][Cl+3]([O-])([O-])[O-]. The van der Waals surface area contributed by atoms with Crippen molar-refractivity contribution in [1.82, 2.24) is 0 Å². The van der Waals surface area contributed by atoms with Crippen LogP contribution in [0.2, 0.25) is 0 Å². The second kappa shape index (κ2) is 11.3. The maximum Gasteiger partial charge on any atom is 0.238 e. The van der Waals surface area contributed by atoms with E-state index in [9.17, 15) is 8.42 Å². The highest BCUT2D eigenvalue weighted by molar-refractivity contribution is 7.89. The first-order valence-electron chi connectivity index (χ1n) is 10.8. The smallest absolute Gasteiger partial charge is 0.225 e. The summed E-state index contributed by atoms with van der Waals surface area (Å²) in [6.45, 7) is 4.32. The quantitative estimate of drug-likeness (QED) is 0.367. The minimum absolute atomic E-state index is 0.102. The average molecular weight is 529 g/mol. The molecule has 0 atom stereocenters. The van der Waals surface area contributed by atoms with Crippen molar-refractivity contribution >= 4 is 10.0 Å². The third-order valence-corrected chi connectivity index (χ3v) is 6.22. The number of primary sulfonamides is 1. The maximum absolute atomic E-state index is 11.7. The molecule has 2 N–H and O–H groups in total. The van der Waals surface area contributed by atoms with Gasteiger partial charge < -0.3 is 0 Å². The normalized spacial score (nSPS) is 11.7. The summed E-state index contributed by atoms with van der Waals surface area (Å²) in [4.78, 5) is 0.102. The molecular weight excluding hydrogens is 504 g/mol. The van der Waals surface area contributed by atoms with Crippen LogP contribution < -0.4 is 28.3 Å². The van der Waals surface area contributed by atoms with Crippen LogP contribution in [0.1, 0.15) is 25.5 Å². The Balaban J connectivity index is 0.000000658. The second-order valence-electron chi connectivity index (χ2n) is 8.19. The fourth-order valence-corrected chi connectivity index (χ4v) is 4.25. The van der Waals surface area contributed by atoms with E-state index in [1.807, 2.05) is 36.4 Å². The molecule has 0 saturated heterocycles. The number of pyridine rings is 1. The van der Waals surface area contributed by atoms with Crippen LogP contribution in [0.5, 0.6) is 0 Å². The van der Waals surface area contributed by atoms with Gasteiger partial charge in [0, 0.05) is 35.7 Å². The predicted octanol–water partition coefficient (Wildman–Crippen LogP) is 0.312. The standard InChI is InChI=1S/C26H25N2O2S.ClHO4/c1-19(2)25-17-22(20-9-5-3-6-10-20)18-26(21-11-7-4-8-12-21)28(25)23-13-15-24(16-14-23)31(27,29)30;2-1(3,4)5/h3-19H,1-2H3,(H2,27,29,30);(H,2,3,4,5)/q+1;/p-1. The summed E-state index contributed by atoms with van der Waals surface area (Å²) < 4.78 is 59.6. The lowest BCUT2D eigenvalue weighted by atomic mass is 9.97. The molecule has 36 heavy (non-hydrogen) atoms. The number of halogens is 1. The molecule has 0 aliphatic heterocycles. The van der Waals surface area contributed by atoms with E-state index in [0.29, 0.717) is 0 Å². The lowest BCUT2D eigenvalue weighted by molar-refractivity contribution is -2.00. The van der Waals surface area contributed by atoms with Gasteiger partial charge in [-0.25, -0.2) is 32.2 Å². The molecule has 0 spiro atoms. The minimum Gasteiger partial charge on any atom is -0.225 e. The van der Waals surface area contributed by atoms with Gasteiger partial charge in [-0.15, -0.1) is 10.2 Å². The molecule has 0 amide bonds. The van der Waals surface area contributed by atoms with Gasteiger partial charge >= 0.3 is 0 Å². The van der Waals surface area contributed by atoms with Gasteiger partial charge in [0.15, 0.2) is 5.69 Å². The molecule has 3 aromatic carbocycles. The molecule has 188 valence electrons. The van der Waals surface area contributed by atoms with Crippen molar-refractivity contribution in [3.05, 3.63) is 103 Å². The van der Waals surface area contributed by atoms with Gasteiger partial charge in [-0.1, -0.05) is 62.4 Å². The summed E-state index contributed by atoms with van der Waals surface area (Å²) in [6.07, 6.45) is 0. The summed E-state index contributed by atoms with van der Waals surface area (Å²) >= 11 is 0. The molecule has 0 saturated carbocycles. The topological polar surface area (TPSA) is 156 Å². The molecule has 0 aliphatic carbocycles. The predicted molar refractivity (Wildman–Crippen MR) is 124 cm³/mol. The Morgan fingerprint density at radius 2 is 1.19 bits per heavy atom. The zero-order valence-corrected chi connectivity index (χ0v) is 21.1. The van der Waals surface area contributed by atoms with E-state index >= 15 is 0 Å². The monoisotopic (exact) mass is 528 g/mol. The molecule has 1 aromatic heterocycles. The van der Waals surface area contributed by atoms with Crippen LogP contribution in [0.15, 0.2) is 102 Å². The van der Waals surface area contributed by atoms with E-state index in [4.69, 9.17) is 23.8 Å². The molecule has 8 nitrogen and oxygen atoms in total. The van der Waals surface area contributed by atoms with Crippen molar-refractivity contribution in [2.45, 2.75) is 24.7 Å². The van der Waals surface area contributed by atoms with Gasteiger partial charge in [0.1, 0.15) is 0 Å². The minimum atomic E-state index is -4.94.